The van der Waals surface area contributed by atoms with Gasteiger partial charge in [0.1, 0.15) is 9.77 Å². The Bertz CT molecular complexity index is 820. The third-order valence-electron chi connectivity index (χ3n) is 2.33. The minimum atomic E-state index is -3.91. The van der Waals surface area contributed by atoms with Crippen molar-refractivity contribution in [2.24, 2.45) is 0 Å². The molecule has 0 atom stereocenters. The molecule has 1 heterocycles. The second-order valence-corrected chi connectivity index (χ2v) is 9.07. The van der Waals surface area contributed by atoms with Gasteiger partial charge in [0.25, 0.3) is 10.0 Å². The first-order valence-electron chi connectivity index (χ1n) is 5.21. The summed E-state index contributed by atoms with van der Waals surface area (Å²) in [5.41, 5.74) is 0.276. The number of carbonyl (C=O) groups is 1. The number of benzene rings is 1. The molecule has 0 fully saturated rings. The van der Waals surface area contributed by atoms with Crippen molar-refractivity contribution in [3.63, 3.8) is 0 Å². The highest BCUT2D eigenvalue weighted by Gasteiger charge is 2.23. The van der Waals surface area contributed by atoms with E-state index >= 15 is 0 Å². The Morgan fingerprint density at radius 1 is 1.29 bits per heavy atom. The summed E-state index contributed by atoms with van der Waals surface area (Å²) in [6.07, 6.45) is 0. The van der Waals surface area contributed by atoms with E-state index in [1.807, 2.05) is 0 Å². The molecule has 0 saturated heterocycles. The fourth-order valence-electron chi connectivity index (χ4n) is 1.41. The average Bonchev–Trinajstić information content (AvgIpc) is 2.77. The van der Waals surface area contributed by atoms with E-state index in [0.29, 0.717) is 9.50 Å². The van der Waals surface area contributed by atoms with Gasteiger partial charge in [-0.15, -0.1) is 11.3 Å². The van der Waals surface area contributed by atoms with Gasteiger partial charge in [-0.25, -0.2) is 13.2 Å². The fourth-order valence-corrected chi connectivity index (χ4v) is 5.29. The van der Waals surface area contributed by atoms with Gasteiger partial charge in [-0.05, 0) is 56.1 Å². The Labute approximate surface area is 146 Å². The molecule has 0 spiro atoms. The van der Waals surface area contributed by atoms with Crippen molar-refractivity contribution in [2.75, 3.05) is 4.72 Å². The molecule has 2 rings (SSSR count). The highest BCUT2D eigenvalue weighted by Crippen LogP contribution is 2.33. The quantitative estimate of drug-likeness (QED) is 0.686. The van der Waals surface area contributed by atoms with Crippen molar-refractivity contribution in [3.8, 4) is 0 Å². The number of anilines is 1. The molecular weight excluding hydrogens is 470 g/mol. The van der Waals surface area contributed by atoms with E-state index in [-0.39, 0.29) is 19.2 Å². The van der Waals surface area contributed by atoms with Crippen LogP contribution in [0.1, 0.15) is 9.67 Å². The predicted octanol–water partition coefficient (Wildman–Crippen LogP) is 4.43. The van der Waals surface area contributed by atoms with Crippen LogP contribution in [0.4, 0.5) is 5.69 Å². The van der Waals surface area contributed by atoms with E-state index in [0.717, 1.165) is 17.4 Å². The summed E-state index contributed by atoms with van der Waals surface area (Å²) in [5, 5.41) is 9.25. The summed E-state index contributed by atoms with van der Waals surface area (Å²) in [6.45, 7) is 0. The molecule has 10 heteroatoms. The Morgan fingerprint density at radius 2 is 1.95 bits per heavy atom. The average molecular weight is 476 g/mol. The first kappa shape index (κ1) is 16.8. The molecular formula is C11H6Br2ClNO4S2. The third kappa shape index (κ3) is 3.78. The second kappa shape index (κ2) is 6.25. The van der Waals surface area contributed by atoms with Crippen LogP contribution >= 0.6 is 54.8 Å². The van der Waals surface area contributed by atoms with Gasteiger partial charge in [0.2, 0.25) is 0 Å². The Kier molecular flexibility index (Phi) is 4.99. The van der Waals surface area contributed by atoms with E-state index in [1.165, 1.54) is 12.1 Å². The Hall–Kier alpha value is -0.610. The molecule has 1 aromatic heterocycles. The normalized spacial score (nSPS) is 11.4. The standard InChI is InChI=1S/C11H6Br2ClNO4S2/c12-6-2-1-5(3-7(6)14)15-21(18,19)9-4-8(11(16)17)20-10(9)13/h1-4,15H,(H,16,17). The van der Waals surface area contributed by atoms with Crippen molar-refractivity contribution in [1.29, 1.82) is 0 Å². The highest BCUT2D eigenvalue weighted by molar-refractivity contribution is 9.11. The van der Waals surface area contributed by atoms with Crippen LogP contribution in [0.3, 0.4) is 0 Å². The highest BCUT2D eigenvalue weighted by atomic mass is 79.9. The summed E-state index contributed by atoms with van der Waals surface area (Å²) in [5.74, 6) is -1.19. The number of rotatable bonds is 4. The smallest absolute Gasteiger partial charge is 0.345 e. The number of carboxylic acids is 1. The number of hydrogen-bond donors (Lipinski definition) is 2. The van der Waals surface area contributed by atoms with E-state index in [4.69, 9.17) is 16.7 Å². The van der Waals surface area contributed by atoms with Crippen molar-refractivity contribution in [3.05, 3.63) is 42.4 Å². The lowest BCUT2D eigenvalue weighted by atomic mass is 10.3. The molecule has 0 amide bonds. The van der Waals surface area contributed by atoms with Gasteiger partial charge in [0, 0.05) is 4.47 Å². The van der Waals surface area contributed by atoms with Crippen LogP contribution in [-0.4, -0.2) is 19.5 Å². The number of sulfonamides is 1. The van der Waals surface area contributed by atoms with Crippen LogP contribution in [-0.2, 0) is 10.0 Å². The van der Waals surface area contributed by atoms with E-state index in [1.54, 1.807) is 6.07 Å². The maximum atomic E-state index is 12.3. The zero-order valence-electron chi connectivity index (χ0n) is 9.93. The third-order valence-corrected chi connectivity index (χ3v) is 7.18. The van der Waals surface area contributed by atoms with E-state index < -0.39 is 16.0 Å². The van der Waals surface area contributed by atoms with Gasteiger partial charge in [0.05, 0.1) is 14.5 Å². The maximum Gasteiger partial charge on any atom is 0.345 e. The van der Waals surface area contributed by atoms with Crippen molar-refractivity contribution >= 4 is 76.5 Å². The van der Waals surface area contributed by atoms with E-state index in [2.05, 4.69) is 36.6 Å². The second-order valence-electron chi connectivity index (χ2n) is 3.79. The molecule has 1 aromatic carbocycles. The van der Waals surface area contributed by atoms with Crippen LogP contribution in [0.25, 0.3) is 0 Å². The lowest BCUT2D eigenvalue weighted by molar-refractivity contribution is 0.0702. The summed E-state index contributed by atoms with van der Waals surface area (Å²) < 4.78 is 27.7. The molecule has 0 unspecified atom stereocenters. The molecule has 0 saturated carbocycles. The molecule has 0 aliphatic rings. The molecule has 0 aliphatic heterocycles. The van der Waals surface area contributed by atoms with Crippen LogP contribution in [0.2, 0.25) is 5.02 Å². The zero-order valence-corrected chi connectivity index (χ0v) is 15.5. The largest absolute Gasteiger partial charge is 0.477 e. The van der Waals surface area contributed by atoms with Crippen LogP contribution in [0, 0.1) is 0 Å². The minimum Gasteiger partial charge on any atom is -0.477 e. The molecule has 0 bridgehead atoms. The molecule has 112 valence electrons. The van der Waals surface area contributed by atoms with Gasteiger partial charge in [-0.3, -0.25) is 4.72 Å². The minimum absolute atomic E-state index is 0.0731. The Morgan fingerprint density at radius 3 is 2.48 bits per heavy atom. The number of nitrogens with one attached hydrogen (secondary N) is 1. The van der Waals surface area contributed by atoms with Crippen LogP contribution < -0.4 is 4.72 Å². The van der Waals surface area contributed by atoms with Crippen molar-refractivity contribution in [2.45, 2.75) is 4.90 Å². The molecule has 0 aliphatic carbocycles. The summed E-state index contributed by atoms with van der Waals surface area (Å²) in [6, 6.07) is 5.68. The van der Waals surface area contributed by atoms with Crippen molar-refractivity contribution < 1.29 is 18.3 Å². The number of aromatic carboxylic acids is 1. The monoisotopic (exact) mass is 473 g/mol. The molecule has 2 N–H and O–H groups in total. The molecule has 5 nitrogen and oxygen atoms in total. The fraction of sp³-hybridized carbons (Fsp3) is 0. The molecule has 2 aromatic rings. The van der Waals surface area contributed by atoms with Crippen molar-refractivity contribution in [1.82, 2.24) is 0 Å². The topological polar surface area (TPSA) is 83.5 Å². The lowest BCUT2D eigenvalue weighted by Crippen LogP contribution is -2.12. The Balaban J connectivity index is 2.38. The zero-order chi connectivity index (χ0) is 15.8. The van der Waals surface area contributed by atoms with Gasteiger partial charge >= 0.3 is 5.97 Å². The number of carboxylic acid groups (broad SMARTS) is 1. The first-order chi connectivity index (χ1) is 9.70. The van der Waals surface area contributed by atoms with Gasteiger partial charge in [0.15, 0.2) is 0 Å². The number of halogens is 3. The summed E-state index contributed by atoms with van der Waals surface area (Å²) >= 11 is 13.0. The van der Waals surface area contributed by atoms with Crippen LogP contribution in [0.5, 0.6) is 0 Å². The van der Waals surface area contributed by atoms with Gasteiger partial charge in [-0.1, -0.05) is 11.6 Å². The number of thiophene rings is 1. The van der Waals surface area contributed by atoms with E-state index in [9.17, 15) is 13.2 Å². The predicted molar refractivity (Wildman–Crippen MR) is 88.9 cm³/mol. The SMILES string of the molecule is O=C(O)c1cc(S(=O)(=O)Nc2ccc(Br)c(Cl)c2)c(Br)s1. The number of hydrogen-bond acceptors (Lipinski definition) is 4. The van der Waals surface area contributed by atoms with Gasteiger partial charge < -0.3 is 5.11 Å². The van der Waals surface area contributed by atoms with Gasteiger partial charge in [-0.2, -0.15) is 0 Å². The summed E-state index contributed by atoms with van der Waals surface area (Å²) in [7, 11) is -3.91. The van der Waals surface area contributed by atoms with Crippen LogP contribution in [0.15, 0.2) is 37.4 Å². The summed E-state index contributed by atoms with van der Waals surface area (Å²) in [4.78, 5) is 10.7. The maximum absolute atomic E-state index is 12.3. The molecule has 0 radical (unpaired) electrons. The first-order valence-corrected chi connectivity index (χ1v) is 9.47. The lowest BCUT2D eigenvalue weighted by Gasteiger charge is -2.08. The molecule has 21 heavy (non-hydrogen) atoms.